The first kappa shape index (κ1) is 13.5. The number of carbonyl (C=O) groups is 1. The number of hydrogen-bond acceptors (Lipinski definition) is 5. The van der Waals surface area contributed by atoms with Crippen LogP contribution in [-0.2, 0) is 4.74 Å². The van der Waals surface area contributed by atoms with E-state index in [1.807, 2.05) is 18.2 Å². The van der Waals surface area contributed by atoms with Crippen molar-refractivity contribution < 1.29 is 9.53 Å². The number of nitrogens with zero attached hydrogens (tertiary/aromatic N) is 1. The quantitative estimate of drug-likeness (QED) is 0.796. The predicted molar refractivity (Wildman–Crippen MR) is 78.6 cm³/mol. The molecule has 0 spiro atoms. The highest BCUT2D eigenvalue weighted by atomic mass is 79.9. The average Bonchev–Trinajstić information content (AvgIpc) is 2.81. The van der Waals surface area contributed by atoms with Crippen LogP contribution in [0.4, 0.5) is 10.8 Å². The first-order chi connectivity index (χ1) is 8.60. The number of anilines is 2. The number of halogens is 2. The van der Waals surface area contributed by atoms with Crippen LogP contribution in [-0.4, -0.2) is 18.1 Å². The minimum absolute atomic E-state index is 0.302. The number of nitrogens with one attached hydrogen (secondary N) is 1. The standard InChI is InChI=1S/C11H8Br2N2O2S/c1-17-10(16)9-5-18-11(15-9)14-8-4-6(12)2-3-7(8)13/h2-5H,1H3,(H,14,15). The molecule has 0 bridgehead atoms. The van der Waals surface area contributed by atoms with E-state index in [9.17, 15) is 4.79 Å². The Morgan fingerprint density at radius 3 is 2.94 bits per heavy atom. The van der Waals surface area contributed by atoms with Crippen molar-refractivity contribution in [2.45, 2.75) is 0 Å². The van der Waals surface area contributed by atoms with Crippen LogP contribution in [0, 0.1) is 0 Å². The van der Waals surface area contributed by atoms with E-state index in [0.29, 0.717) is 10.8 Å². The number of thiazole rings is 1. The van der Waals surface area contributed by atoms with Crippen LogP contribution < -0.4 is 5.32 Å². The Kier molecular flexibility index (Phi) is 4.36. The molecule has 0 aliphatic carbocycles. The lowest BCUT2D eigenvalue weighted by Crippen LogP contribution is -2.01. The molecule has 94 valence electrons. The molecule has 2 aromatic rings. The minimum atomic E-state index is -0.437. The van der Waals surface area contributed by atoms with Crippen LogP contribution in [0.5, 0.6) is 0 Å². The van der Waals surface area contributed by atoms with Crippen LogP contribution in [0.15, 0.2) is 32.5 Å². The van der Waals surface area contributed by atoms with E-state index in [-0.39, 0.29) is 0 Å². The van der Waals surface area contributed by atoms with E-state index in [0.717, 1.165) is 14.6 Å². The average molecular weight is 392 g/mol. The molecule has 18 heavy (non-hydrogen) atoms. The Hall–Kier alpha value is -0.920. The summed E-state index contributed by atoms with van der Waals surface area (Å²) in [6.45, 7) is 0. The summed E-state index contributed by atoms with van der Waals surface area (Å²) in [6, 6.07) is 5.77. The summed E-state index contributed by atoms with van der Waals surface area (Å²) in [6.07, 6.45) is 0. The predicted octanol–water partition coefficient (Wildman–Crippen LogP) is 4.20. The topological polar surface area (TPSA) is 51.2 Å². The van der Waals surface area contributed by atoms with Gasteiger partial charge in [0.25, 0.3) is 0 Å². The SMILES string of the molecule is COC(=O)c1csc(Nc2cc(Br)ccc2Br)n1. The third-order valence-corrected chi connectivity index (χ3v) is 4.01. The molecule has 0 aliphatic rings. The van der Waals surface area contributed by atoms with Crippen molar-refractivity contribution in [3.8, 4) is 0 Å². The molecule has 0 aliphatic heterocycles. The normalized spacial score (nSPS) is 10.2. The monoisotopic (exact) mass is 390 g/mol. The fourth-order valence-corrected chi connectivity index (χ4v) is 2.64. The van der Waals surface area contributed by atoms with E-state index >= 15 is 0 Å². The van der Waals surface area contributed by atoms with Crippen molar-refractivity contribution in [3.05, 3.63) is 38.2 Å². The highest BCUT2D eigenvalue weighted by Crippen LogP contribution is 2.30. The Labute approximate surface area is 125 Å². The molecule has 0 fully saturated rings. The lowest BCUT2D eigenvalue weighted by Gasteiger charge is -2.05. The fraction of sp³-hybridized carbons (Fsp3) is 0.0909. The summed E-state index contributed by atoms with van der Waals surface area (Å²) >= 11 is 8.18. The summed E-state index contributed by atoms with van der Waals surface area (Å²) in [7, 11) is 1.33. The van der Waals surface area contributed by atoms with Gasteiger partial charge in [0.15, 0.2) is 10.8 Å². The molecule has 1 aromatic carbocycles. The second kappa shape index (κ2) is 5.81. The summed E-state index contributed by atoms with van der Waals surface area (Å²) in [4.78, 5) is 15.4. The number of ether oxygens (including phenoxy) is 1. The van der Waals surface area contributed by atoms with Gasteiger partial charge in [-0.05, 0) is 34.1 Å². The Balaban J connectivity index is 2.21. The minimum Gasteiger partial charge on any atom is -0.464 e. The van der Waals surface area contributed by atoms with Crippen molar-refractivity contribution in [2.24, 2.45) is 0 Å². The third kappa shape index (κ3) is 3.09. The van der Waals surface area contributed by atoms with Gasteiger partial charge in [-0.15, -0.1) is 11.3 Å². The molecular weight excluding hydrogens is 384 g/mol. The second-order valence-electron chi connectivity index (χ2n) is 3.28. The summed E-state index contributed by atoms with van der Waals surface area (Å²) < 4.78 is 6.48. The fourth-order valence-electron chi connectivity index (χ4n) is 1.24. The number of benzene rings is 1. The van der Waals surface area contributed by atoms with Gasteiger partial charge in [-0.2, -0.15) is 0 Å². The van der Waals surface area contributed by atoms with Crippen molar-refractivity contribution in [1.29, 1.82) is 0 Å². The molecule has 1 N–H and O–H groups in total. The summed E-state index contributed by atoms with van der Waals surface area (Å²) in [5, 5.41) is 5.42. The van der Waals surface area contributed by atoms with Crippen molar-refractivity contribution >= 4 is 60.0 Å². The van der Waals surface area contributed by atoms with E-state index in [1.165, 1.54) is 18.4 Å². The molecule has 1 aromatic heterocycles. The van der Waals surface area contributed by atoms with Gasteiger partial charge in [0.1, 0.15) is 0 Å². The van der Waals surface area contributed by atoms with E-state index in [2.05, 4.69) is 46.9 Å². The molecule has 7 heteroatoms. The van der Waals surface area contributed by atoms with Crippen molar-refractivity contribution in [3.63, 3.8) is 0 Å². The van der Waals surface area contributed by atoms with Gasteiger partial charge in [0.2, 0.25) is 0 Å². The number of esters is 1. The maximum Gasteiger partial charge on any atom is 0.357 e. The molecule has 0 unspecified atom stereocenters. The third-order valence-electron chi connectivity index (χ3n) is 2.07. The zero-order valence-corrected chi connectivity index (χ0v) is 13.2. The first-order valence-electron chi connectivity index (χ1n) is 4.86. The van der Waals surface area contributed by atoms with Crippen molar-refractivity contribution in [1.82, 2.24) is 4.98 Å². The maximum absolute atomic E-state index is 11.3. The van der Waals surface area contributed by atoms with Gasteiger partial charge in [0, 0.05) is 14.3 Å². The van der Waals surface area contributed by atoms with Gasteiger partial charge in [0.05, 0.1) is 12.8 Å². The van der Waals surface area contributed by atoms with Crippen LogP contribution >= 0.6 is 43.2 Å². The highest BCUT2D eigenvalue weighted by Gasteiger charge is 2.11. The molecule has 0 radical (unpaired) electrons. The molecule has 2 rings (SSSR count). The molecule has 0 saturated heterocycles. The largest absolute Gasteiger partial charge is 0.464 e. The summed E-state index contributed by atoms with van der Waals surface area (Å²) in [5.41, 5.74) is 1.17. The van der Waals surface area contributed by atoms with E-state index in [1.54, 1.807) is 5.38 Å². The Bertz CT molecular complexity index is 586. The van der Waals surface area contributed by atoms with Crippen LogP contribution in [0.25, 0.3) is 0 Å². The van der Waals surface area contributed by atoms with Gasteiger partial charge < -0.3 is 10.1 Å². The summed E-state index contributed by atoms with van der Waals surface area (Å²) in [5.74, 6) is -0.437. The number of methoxy groups -OCH3 is 1. The van der Waals surface area contributed by atoms with Crippen LogP contribution in [0.1, 0.15) is 10.5 Å². The van der Waals surface area contributed by atoms with Gasteiger partial charge >= 0.3 is 5.97 Å². The highest BCUT2D eigenvalue weighted by molar-refractivity contribution is 9.11. The Morgan fingerprint density at radius 1 is 1.44 bits per heavy atom. The lowest BCUT2D eigenvalue weighted by atomic mass is 10.3. The molecule has 0 amide bonds. The van der Waals surface area contributed by atoms with Crippen molar-refractivity contribution in [2.75, 3.05) is 12.4 Å². The lowest BCUT2D eigenvalue weighted by molar-refractivity contribution is 0.0595. The molecule has 0 saturated carbocycles. The Morgan fingerprint density at radius 2 is 2.22 bits per heavy atom. The van der Waals surface area contributed by atoms with Gasteiger partial charge in [-0.3, -0.25) is 0 Å². The second-order valence-corrected chi connectivity index (χ2v) is 5.91. The number of rotatable bonds is 3. The van der Waals surface area contributed by atoms with Crippen LogP contribution in [0.2, 0.25) is 0 Å². The zero-order chi connectivity index (χ0) is 13.1. The zero-order valence-electron chi connectivity index (χ0n) is 9.24. The van der Waals surface area contributed by atoms with Crippen LogP contribution in [0.3, 0.4) is 0 Å². The van der Waals surface area contributed by atoms with Gasteiger partial charge in [-0.25, -0.2) is 9.78 Å². The molecule has 0 atom stereocenters. The molecular formula is C11H8Br2N2O2S. The number of carbonyl (C=O) groups excluding carboxylic acids is 1. The number of hydrogen-bond donors (Lipinski definition) is 1. The first-order valence-corrected chi connectivity index (χ1v) is 7.32. The molecule has 1 heterocycles. The van der Waals surface area contributed by atoms with Gasteiger partial charge in [-0.1, -0.05) is 15.9 Å². The smallest absolute Gasteiger partial charge is 0.357 e. The van der Waals surface area contributed by atoms with E-state index in [4.69, 9.17) is 0 Å². The maximum atomic E-state index is 11.3. The molecule has 4 nitrogen and oxygen atoms in total. The van der Waals surface area contributed by atoms with E-state index < -0.39 is 5.97 Å². The number of aromatic nitrogens is 1.